The van der Waals surface area contributed by atoms with E-state index in [0.717, 1.165) is 31.5 Å². The van der Waals surface area contributed by atoms with Crippen LogP contribution in [0, 0.1) is 5.92 Å². The summed E-state index contributed by atoms with van der Waals surface area (Å²) in [5.74, 6) is -0.0269. The lowest BCUT2D eigenvalue weighted by Crippen LogP contribution is -2.40. The Morgan fingerprint density at radius 3 is 2.56 bits per heavy atom. The molecule has 6 nitrogen and oxygen atoms in total. The number of hydrogen-bond acceptors (Lipinski definition) is 4. The number of pyridine rings is 1. The minimum atomic E-state index is -0.171. The van der Waals surface area contributed by atoms with E-state index in [1.165, 1.54) is 0 Å². The van der Waals surface area contributed by atoms with Gasteiger partial charge in [-0.1, -0.05) is 12.1 Å². The fourth-order valence-corrected chi connectivity index (χ4v) is 2.82. The molecule has 1 aromatic heterocycles. The first kappa shape index (κ1) is 17.1. The van der Waals surface area contributed by atoms with Crippen molar-refractivity contribution >= 4 is 17.5 Å². The van der Waals surface area contributed by atoms with Crippen LogP contribution < -0.4 is 16.0 Å². The molecule has 1 saturated heterocycles. The molecular formula is C19H22N4O2. The Morgan fingerprint density at radius 1 is 1.12 bits per heavy atom. The molecule has 25 heavy (non-hydrogen) atoms. The Hall–Kier alpha value is -2.73. The number of anilines is 1. The normalized spacial score (nSPS) is 16.9. The first-order valence-corrected chi connectivity index (χ1v) is 8.51. The van der Waals surface area contributed by atoms with Crippen molar-refractivity contribution in [2.24, 2.45) is 5.92 Å². The molecule has 3 rings (SSSR count). The van der Waals surface area contributed by atoms with Gasteiger partial charge in [-0.05, 0) is 49.2 Å². The van der Waals surface area contributed by atoms with Gasteiger partial charge in [0.1, 0.15) is 0 Å². The zero-order valence-electron chi connectivity index (χ0n) is 14.0. The predicted octanol–water partition coefficient (Wildman–Crippen LogP) is 1.95. The molecule has 0 aliphatic carbocycles. The maximum atomic E-state index is 12.2. The highest BCUT2D eigenvalue weighted by atomic mass is 16.2. The van der Waals surface area contributed by atoms with Crippen molar-refractivity contribution in [2.75, 3.05) is 18.4 Å². The van der Waals surface area contributed by atoms with Crippen molar-refractivity contribution in [1.29, 1.82) is 0 Å². The number of aromatic nitrogens is 1. The van der Waals surface area contributed by atoms with E-state index in [1.807, 2.05) is 12.1 Å². The summed E-state index contributed by atoms with van der Waals surface area (Å²) in [6.07, 6.45) is 5.23. The second-order valence-corrected chi connectivity index (χ2v) is 6.15. The molecule has 1 atom stereocenters. The molecule has 1 aliphatic rings. The molecule has 2 aromatic rings. The number of amides is 2. The third kappa shape index (κ3) is 4.87. The van der Waals surface area contributed by atoms with Crippen molar-refractivity contribution in [3.05, 3.63) is 59.9 Å². The highest BCUT2D eigenvalue weighted by Crippen LogP contribution is 2.11. The van der Waals surface area contributed by atoms with Gasteiger partial charge in [0, 0.05) is 36.7 Å². The first-order valence-electron chi connectivity index (χ1n) is 8.51. The summed E-state index contributed by atoms with van der Waals surface area (Å²) in [5, 5.41) is 9.03. The van der Waals surface area contributed by atoms with E-state index in [-0.39, 0.29) is 17.7 Å². The summed E-state index contributed by atoms with van der Waals surface area (Å²) in [7, 11) is 0. The molecule has 2 heterocycles. The Bertz CT molecular complexity index is 710. The standard InChI is InChI=1S/C19H22N4O2/c24-18(16-2-1-9-21-13-16)22-12-14-3-5-15(6-4-14)19(25)23-17-7-10-20-11-8-17/h3-8,10-11,16,21H,1-2,9,12-13H2,(H,22,24)(H,20,23,25). The summed E-state index contributed by atoms with van der Waals surface area (Å²) in [5.41, 5.74) is 2.25. The molecule has 1 unspecified atom stereocenters. The van der Waals surface area contributed by atoms with E-state index in [0.29, 0.717) is 17.8 Å². The summed E-state index contributed by atoms with van der Waals surface area (Å²) in [6, 6.07) is 10.7. The topological polar surface area (TPSA) is 83.1 Å². The fraction of sp³-hybridized carbons (Fsp3) is 0.316. The summed E-state index contributed by atoms with van der Waals surface area (Å²) >= 11 is 0. The Labute approximate surface area is 147 Å². The third-order valence-electron chi connectivity index (χ3n) is 4.29. The van der Waals surface area contributed by atoms with Crippen LogP contribution in [-0.2, 0) is 11.3 Å². The number of nitrogens with zero attached hydrogens (tertiary/aromatic N) is 1. The highest BCUT2D eigenvalue weighted by Gasteiger charge is 2.20. The number of rotatable bonds is 5. The van der Waals surface area contributed by atoms with Crippen LogP contribution in [0.4, 0.5) is 5.69 Å². The number of carbonyl (C=O) groups is 2. The molecular weight excluding hydrogens is 316 g/mol. The van der Waals surface area contributed by atoms with Crippen LogP contribution >= 0.6 is 0 Å². The van der Waals surface area contributed by atoms with Gasteiger partial charge in [-0.2, -0.15) is 0 Å². The zero-order valence-corrected chi connectivity index (χ0v) is 14.0. The van der Waals surface area contributed by atoms with E-state index in [4.69, 9.17) is 0 Å². The highest BCUT2D eigenvalue weighted by molar-refractivity contribution is 6.04. The molecule has 1 aromatic carbocycles. The van der Waals surface area contributed by atoms with Crippen LogP contribution in [0.15, 0.2) is 48.8 Å². The van der Waals surface area contributed by atoms with Gasteiger partial charge in [0.05, 0.1) is 5.92 Å². The maximum absolute atomic E-state index is 12.2. The number of benzene rings is 1. The van der Waals surface area contributed by atoms with Gasteiger partial charge in [-0.15, -0.1) is 0 Å². The second kappa shape index (κ2) is 8.39. The van der Waals surface area contributed by atoms with Gasteiger partial charge in [0.15, 0.2) is 0 Å². The molecule has 130 valence electrons. The largest absolute Gasteiger partial charge is 0.352 e. The third-order valence-corrected chi connectivity index (χ3v) is 4.29. The van der Waals surface area contributed by atoms with Crippen LogP contribution in [0.2, 0.25) is 0 Å². The Kier molecular flexibility index (Phi) is 5.74. The van der Waals surface area contributed by atoms with Crippen molar-refractivity contribution < 1.29 is 9.59 Å². The van der Waals surface area contributed by atoms with E-state index in [1.54, 1.807) is 36.7 Å². The summed E-state index contributed by atoms with van der Waals surface area (Å²) < 4.78 is 0. The van der Waals surface area contributed by atoms with Gasteiger partial charge >= 0.3 is 0 Å². The van der Waals surface area contributed by atoms with Gasteiger partial charge in [0.25, 0.3) is 5.91 Å². The van der Waals surface area contributed by atoms with Crippen molar-refractivity contribution in [2.45, 2.75) is 19.4 Å². The Balaban J connectivity index is 1.51. The predicted molar refractivity (Wildman–Crippen MR) is 96.1 cm³/mol. The number of piperidine rings is 1. The van der Waals surface area contributed by atoms with E-state index in [9.17, 15) is 9.59 Å². The number of nitrogens with one attached hydrogen (secondary N) is 3. The van der Waals surface area contributed by atoms with Crippen LogP contribution in [0.1, 0.15) is 28.8 Å². The van der Waals surface area contributed by atoms with Crippen LogP contribution in [0.5, 0.6) is 0 Å². The summed E-state index contributed by atoms with van der Waals surface area (Å²) in [6.45, 7) is 2.22. The molecule has 0 spiro atoms. The number of hydrogen-bond donors (Lipinski definition) is 3. The van der Waals surface area contributed by atoms with Gasteiger partial charge in [0.2, 0.25) is 5.91 Å². The van der Waals surface area contributed by atoms with Gasteiger partial charge in [-0.3, -0.25) is 14.6 Å². The molecule has 1 fully saturated rings. The van der Waals surface area contributed by atoms with Crippen molar-refractivity contribution in [3.8, 4) is 0 Å². The first-order chi connectivity index (χ1) is 12.2. The van der Waals surface area contributed by atoms with Crippen LogP contribution in [0.25, 0.3) is 0 Å². The quantitative estimate of drug-likeness (QED) is 0.778. The molecule has 2 amide bonds. The maximum Gasteiger partial charge on any atom is 0.255 e. The van der Waals surface area contributed by atoms with Crippen molar-refractivity contribution in [1.82, 2.24) is 15.6 Å². The molecule has 6 heteroatoms. The van der Waals surface area contributed by atoms with Gasteiger partial charge < -0.3 is 16.0 Å². The van der Waals surface area contributed by atoms with Crippen LogP contribution in [0.3, 0.4) is 0 Å². The van der Waals surface area contributed by atoms with E-state index >= 15 is 0 Å². The lowest BCUT2D eigenvalue weighted by atomic mass is 9.99. The molecule has 0 saturated carbocycles. The SMILES string of the molecule is O=C(Nc1ccncc1)c1ccc(CNC(=O)C2CCCNC2)cc1. The van der Waals surface area contributed by atoms with Crippen molar-refractivity contribution in [3.63, 3.8) is 0 Å². The molecule has 0 radical (unpaired) electrons. The Morgan fingerprint density at radius 2 is 1.88 bits per heavy atom. The molecule has 1 aliphatic heterocycles. The average molecular weight is 338 g/mol. The lowest BCUT2D eigenvalue weighted by Gasteiger charge is -2.21. The molecule has 3 N–H and O–H groups in total. The minimum Gasteiger partial charge on any atom is -0.352 e. The average Bonchev–Trinajstić information content (AvgIpc) is 2.68. The van der Waals surface area contributed by atoms with E-state index in [2.05, 4.69) is 20.9 Å². The fourth-order valence-electron chi connectivity index (χ4n) is 2.82. The minimum absolute atomic E-state index is 0.0548. The summed E-state index contributed by atoms with van der Waals surface area (Å²) in [4.78, 5) is 28.2. The molecule has 0 bridgehead atoms. The number of carbonyl (C=O) groups excluding carboxylic acids is 2. The smallest absolute Gasteiger partial charge is 0.255 e. The van der Waals surface area contributed by atoms with Gasteiger partial charge in [-0.25, -0.2) is 0 Å². The zero-order chi connectivity index (χ0) is 17.5. The second-order valence-electron chi connectivity index (χ2n) is 6.15. The monoisotopic (exact) mass is 338 g/mol. The van der Waals surface area contributed by atoms with E-state index < -0.39 is 0 Å². The van der Waals surface area contributed by atoms with Crippen LogP contribution in [-0.4, -0.2) is 29.9 Å². The lowest BCUT2D eigenvalue weighted by molar-refractivity contribution is -0.125.